The Morgan fingerprint density at radius 3 is 1.36 bits per heavy atom. The molecule has 3 aliphatic carbocycles. The molecular weight excluding hydrogens is 716 g/mol. The van der Waals surface area contributed by atoms with Crippen LogP contribution in [0.4, 0.5) is 9.59 Å². The van der Waals surface area contributed by atoms with Crippen molar-refractivity contribution in [1.82, 2.24) is 9.80 Å². The highest BCUT2D eigenvalue weighted by Crippen LogP contribution is 2.44. The van der Waals surface area contributed by atoms with E-state index in [9.17, 15) is 28.8 Å². The molecule has 0 N–H and O–H groups in total. The van der Waals surface area contributed by atoms with Crippen LogP contribution >= 0.6 is 0 Å². The summed E-state index contributed by atoms with van der Waals surface area (Å²) in [6, 6.07) is 9.16. The Kier molecular flexibility index (Phi) is 10.8. The number of nitrogens with zero attached hydrogens (tertiary/aromatic N) is 2. The van der Waals surface area contributed by atoms with Crippen LogP contribution in [0.2, 0.25) is 0 Å². The van der Waals surface area contributed by atoms with E-state index in [4.69, 9.17) is 18.9 Å². The van der Waals surface area contributed by atoms with E-state index in [1.165, 1.54) is 0 Å². The maximum absolute atomic E-state index is 13.3. The molecule has 6 unspecified atom stereocenters. The van der Waals surface area contributed by atoms with Crippen LogP contribution in [0, 0.1) is 11.8 Å². The molecule has 2 aromatic carbocycles. The molecule has 2 saturated heterocycles. The fraction of sp³-hybridized carbons (Fsp3) is 0.591. The van der Waals surface area contributed by atoms with Gasteiger partial charge in [0.05, 0.1) is 0 Å². The summed E-state index contributed by atoms with van der Waals surface area (Å²) in [6.45, 7) is 9.89. The molecule has 0 radical (unpaired) electrons. The molecule has 2 saturated carbocycles. The largest absolute Gasteiger partial charge is 0.456 e. The summed E-state index contributed by atoms with van der Waals surface area (Å²) >= 11 is 0. The van der Waals surface area contributed by atoms with Crippen LogP contribution in [0.1, 0.15) is 125 Å². The SMILES string of the molecule is CC(C)(C)OC(=O)N1C(C(=O)OCC(=O)c2ccc3c(c2)CCc2cc(C(=O)COC(=O)C4CC5CCCC5N4C(=O)OC(C)(C)C)ccc2-3)CC2CCCC21. The smallest absolute Gasteiger partial charge is 0.411 e. The molecular formula is C44H54N2O10. The Morgan fingerprint density at radius 1 is 0.589 bits per heavy atom. The summed E-state index contributed by atoms with van der Waals surface area (Å²) in [5.74, 6) is -1.42. The molecule has 56 heavy (non-hydrogen) atoms. The normalized spacial score (nSPS) is 25.1. The number of aryl methyl sites for hydroxylation is 2. The van der Waals surface area contributed by atoms with E-state index in [2.05, 4.69) is 0 Å². The number of ether oxygens (including phenoxy) is 4. The molecule has 0 spiro atoms. The lowest BCUT2D eigenvalue weighted by Crippen LogP contribution is -2.48. The van der Waals surface area contributed by atoms with Gasteiger partial charge in [0, 0.05) is 23.2 Å². The van der Waals surface area contributed by atoms with Gasteiger partial charge in [0.25, 0.3) is 0 Å². The predicted molar refractivity (Wildman–Crippen MR) is 205 cm³/mol. The van der Waals surface area contributed by atoms with Crippen molar-refractivity contribution in [2.75, 3.05) is 13.2 Å². The molecule has 7 rings (SSSR count). The van der Waals surface area contributed by atoms with E-state index in [0.717, 1.165) is 60.8 Å². The number of hydrogen-bond acceptors (Lipinski definition) is 10. The molecule has 12 heteroatoms. The Morgan fingerprint density at radius 2 is 0.982 bits per heavy atom. The second-order valence-corrected chi connectivity index (χ2v) is 18.1. The Balaban J connectivity index is 0.954. The zero-order chi connectivity index (χ0) is 40.1. The van der Waals surface area contributed by atoms with Crippen LogP contribution in [-0.4, -0.2) is 94.1 Å². The van der Waals surface area contributed by atoms with Crippen molar-refractivity contribution in [2.24, 2.45) is 11.8 Å². The number of likely N-dealkylation sites (tertiary alicyclic amines) is 2. The van der Waals surface area contributed by atoms with Crippen LogP contribution in [0.3, 0.4) is 0 Å². The molecule has 300 valence electrons. The molecule has 5 aliphatic rings. The first-order chi connectivity index (χ1) is 26.5. The number of ketones is 2. The highest BCUT2D eigenvalue weighted by molar-refractivity contribution is 6.00. The van der Waals surface area contributed by atoms with Crippen LogP contribution in [0.25, 0.3) is 11.1 Å². The monoisotopic (exact) mass is 770 g/mol. The lowest BCUT2D eigenvalue weighted by Gasteiger charge is -2.31. The molecule has 2 amide bonds. The van der Waals surface area contributed by atoms with Crippen molar-refractivity contribution < 1.29 is 47.7 Å². The van der Waals surface area contributed by atoms with Gasteiger partial charge in [-0.25, -0.2) is 19.2 Å². The Bertz CT molecular complexity index is 1790. The Labute approximate surface area is 328 Å². The van der Waals surface area contributed by atoms with Gasteiger partial charge in [-0.3, -0.25) is 19.4 Å². The second-order valence-electron chi connectivity index (χ2n) is 18.1. The van der Waals surface area contributed by atoms with Gasteiger partial charge < -0.3 is 18.9 Å². The van der Waals surface area contributed by atoms with Gasteiger partial charge in [0.2, 0.25) is 0 Å². The number of carbonyl (C=O) groups excluding carboxylic acids is 6. The van der Waals surface area contributed by atoms with E-state index in [1.807, 2.05) is 24.3 Å². The van der Waals surface area contributed by atoms with Crippen LogP contribution in [0.5, 0.6) is 0 Å². The molecule has 2 heterocycles. The number of carbonyl (C=O) groups is 6. The molecule has 2 aliphatic heterocycles. The summed E-state index contributed by atoms with van der Waals surface area (Å²) in [6.07, 6.45) is 6.73. The molecule has 12 nitrogen and oxygen atoms in total. The van der Waals surface area contributed by atoms with Gasteiger partial charge in [-0.2, -0.15) is 0 Å². The highest BCUT2D eigenvalue weighted by atomic mass is 16.6. The fourth-order valence-corrected chi connectivity index (χ4v) is 9.53. The number of benzene rings is 2. The zero-order valence-electron chi connectivity index (χ0n) is 33.4. The van der Waals surface area contributed by atoms with Gasteiger partial charge in [-0.15, -0.1) is 0 Å². The maximum atomic E-state index is 13.3. The summed E-state index contributed by atoms with van der Waals surface area (Å²) in [5.41, 5.74) is 3.29. The quantitative estimate of drug-likeness (QED) is 0.153. The first kappa shape index (κ1) is 39.5. The topological polar surface area (TPSA) is 146 Å². The highest BCUT2D eigenvalue weighted by Gasteiger charge is 2.52. The number of amides is 2. The molecule has 2 aromatic rings. The minimum absolute atomic E-state index is 0.0616. The van der Waals surface area contributed by atoms with E-state index >= 15 is 0 Å². The van der Waals surface area contributed by atoms with Crippen molar-refractivity contribution in [2.45, 2.75) is 141 Å². The van der Waals surface area contributed by atoms with Crippen molar-refractivity contribution in [1.29, 1.82) is 0 Å². The minimum atomic E-state index is -0.779. The van der Waals surface area contributed by atoms with Gasteiger partial charge in [0.15, 0.2) is 24.8 Å². The van der Waals surface area contributed by atoms with Crippen molar-refractivity contribution in [3.05, 3.63) is 58.7 Å². The molecule has 0 bridgehead atoms. The minimum Gasteiger partial charge on any atom is -0.456 e. The van der Waals surface area contributed by atoms with Crippen molar-refractivity contribution >= 4 is 35.7 Å². The van der Waals surface area contributed by atoms with E-state index in [-0.39, 0.29) is 35.5 Å². The predicted octanol–water partition coefficient (Wildman–Crippen LogP) is 7.26. The third-order valence-corrected chi connectivity index (χ3v) is 11.9. The van der Waals surface area contributed by atoms with E-state index in [1.54, 1.807) is 63.5 Å². The standard InChI is InChI=1S/C44H54N2O10/c1-43(2,3)55-41(51)45-33-11-7-9-27(33)21-35(45)39(49)53-23-37(47)29-15-17-31-25(19-29)13-14-26-20-30(16-18-32(26)31)38(48)24-54-40(50)36-22-28-10-8-12-34(28)46(36)42(52)56-44(4,5)6/h15-20,27-28,33-36H,7-14,21-24H2,1-6H3. The van der Waals surface area contributed by atoms with Gasteiger partial charge >= 0.3 is 24.1 Å². The summed E-state index contributed by atoms with van der Waals surface area (Å²) in [5, 5.41) is 0. The Hall–Kier alpha value is -4.74. The molecule has 4 fully saturated rings. The number of esters is 2. The van der Waals surface area contributed by atoms with E-state index in [0.29, 0.717) is 36.8 Å². The summed E-state index contributed by atoms with van der Waals surface area (Å²) in [7, 11) is 0. The maximum Gasteiger partial charge on any atom is 0.411 e. The van der Waals surface area contributed by atoms with Crippen LogP contribution in [0.15, 0.2) is 36.4 Å². The van der Waals surface area contributed by atoms with Crippen molar-refractivity contribution in [3.8, 4) is 11.1 Å². The summed E-state index contributed by atoms with van der Waals surface area (Å²) in [4.78, 5) is 82.5. The molecule has 0 aromatic heterocycles. The van der Waals surface area contributed by atoms with Gasteiger partial charge in [-0.05, 0) is 139 Å². The fourth-order valence-electron chi connectivity index (χ4n) is 9.53. The van der Waals surface area contributed by atoms with Crippen LogP contribution < -0.4 is 0 Å². The average molecular weight is 771 g/mol. The third kappa shape index (κ3) is 8.20. The average Bonchev–Trinajstić information content (AvgIpc) is 3.92. The zero-order valence-corrected chi connectivity index (χ0v) is 33.4. The number of rotatable bonds is 8. The van der Waals surface area contributed by atoms with Crippen molar-refractivity contribution in [3.63, 3.8) is 0 Å². The van der Waals surface area contributed by atoms with Gasteiger partial charge in [-0.1, -0.05) is 37.1 Å². The number of hydrogen-bond donors (Lipinski definition) is 0. The first-order valence-corrected chi connectivity index (χ1v) is 20.2. The lowest BCUT2D eigenvalue weighted by atomic mass is 9.83. The number of Topliss-reactive ketones (excluding diaryl/α,β-unsaturated/α-hetero) is 2. The third-order valence-electron chi connectivity index (χ3n) is 11.9. The first-order valence-electron chi connectivity index (χ1n) is 20.2. The van der Waals surface area contributed by atoms with E-state index < -0.39 is 60.6 Å². The molecule has 6 atom stereocenters. The van der Waals surface area contributed by atoms with Gasteiger partial charge in [0.1, 0.15) is 23.3 Å². The van der Waals surface area contributed by atoms with Crippen LogP contribution in [-0.2, 0) is 41.4 Å². The number of fused-ring (bicyclic) bond motifs is 5. The summed E-state index contributed by atoms with van der Waals surface area (Å²) < 4.78 is 22.4. The lowest BCUT2D eigenvalue weighted by molar-refractivity contribution is -0.148. The second kappa shape index (κ2) is 15.3.